The van der Waals surface area contributed by atoms with Crippen LogP contribution in [0.5, 0.6) is 5.75 Å². The van der Waals surface area contributed by atoms with Gasteiger partial charge in [0, 0.05) is 22.4 Å². The molecule has 1 N–H and O–H groups in total. The molecule has 96 valence electrons. The lowest BCUT2D eigenvalue weighted by Gasteiger charge is -2.08. The van der Waals surface area contributed by atoms with E-state index in [1.807, 2.05) is 18.2 Å². The highest BCUT2D eigenvalue weighted by Gasteiger charge is 2.01. The average molecular weight is 347 g/mol. The molecule has 0 amide bonds. The fourth-order valence-electron chi connectivity index (χ4n) is 1.45. The van der Waals surface area contributed by atoms with Gasteiger partial charge in [-0.05, 0) is 29.6 Å². The van der Waals surface area contributed by atoms with Crippen molar-refractivity contribution in [3.8, 4) is 5.75 Å². The van der Waals surface area contributed by atoms with Crippen LogP contribution < -0.4 is 10.1 Å². The zero-order valence-corrected chi connectivity index (χ0v) is 12.8. The molecule has 0 bridgehead atoms. The van der Waals surface area contributed by atoms with Crippen LogP contribution in [0.15, 0.2) is 40.2 Å². The monoisotopic (exact) mass is 345 g/mol. The molecule has 0 saturated heterocycles. The number of thiophene rings is 1. The topological polar surface area (TPSA) is 21.3 Å². The molecule has 1 aromatic carbocycles. The van der Waals surface area contributed by atoms with Crippen molar-refractivity contribution in [2.45, 2.75) is 6.54 Å². The molecule has 0 aliphatic heterocycles. The highest BCUT2D eigenvalue weighted by molar-refractivity contribution is 9.10. The van der Waals surface area contributed by atoms with Gasteiger partial charge in [0.05, 0.1) is 5.02 Å². The van der Waals surface area contributed by atoms with Crippen LogP contribution in [0.3, 0.4) is 0 Å². The minimum Gasteiger partial charge on any atom is -0.491 e. The minimum atomic E-state index is 0.604. The number of benzene rings is 1. The average Bonchev–Trinajstić information content (AvgIpc) is 2.84. The van der Waals surface area contributed by atoms with Crippen LogP contribution in [0.1, 0.15) is 4.88 Å². The molecule has 18 heavy (non-hydrogen) atoms. The van der Waals surface area contributed by atoms with Crippen molar-refractivity contribution in [1.29, 1.82) is 0 Å². The second-order valence-electron chi connectivity index (χ2n) is 3.68. The Labute approximate surface area is 124 Å². The molecule has 2 rings (SSSR count). The molecule has 2 nitrogen and oxygen atoms in total. The van der Waals surface area contributed by atoms with Gasteiger partial charge in [-0.3, -0.25) is 0 Å². The van der Waals surface area contributed by atoms with Crippen molar-refractivity contribution < 1.29 is 4.74 Å². The maximum Gasteiger partial charge on any atom is 0.138 e. The van der Waals surface area contributed by atoms with E-state index in [4.69, 9.17) is 16.3 Å². The first-order valence-corrected chi connectivity index (χ1v) is 7.62. The zero-order valence-electron chi connectivity index (χ0n) is 9.66. The molecular weight excluding hydrogens is 334 g/mol. The van der Waals surface area contributed by atoms with E-state index in [0.717, 1.165) is 23.3 Å². The van der Waals surface area contributed by atoms with E-state index in [-0.39, 0.29) is 0 Å². The standard InChI is InChI=1S/C13H13BrClNOS/c14-10-3-4-13(12(15)8-10)17-6-5-16-9-11-2-1-7-18-11/h1-4,7-8,16H,5-6,9H2. The van der Waals surface area contributed by atoms with Gasteiger partial charge in [-0.15, -0.1) is 11.3 Å². The molecule has 1 heterocycles. The van der Waals surface area contributed by atoms with Gasteiger partial charge in [-0.1, -0.05) is 33.6 Å². The van der Waals surface area contributed by atoms with Gasteiger partial charge >= 0.3 is 0 Å². The Morgan fingerprint density at radius 1 is 1.33 bits per heavy atom. The summed E-state index contributed by atoms with van der Waals surface area (Å²) in [5.41, 5.74) is 0. The number of hydrogen-bond acceptors (Lipinski definition) is 3. The molecule has 0 spiro atoms. The molecule has 0 saturated carbocycles. The summed E-state index contributed by atoms with van der Waals surface area (Å²) in [4.78, 5) is 1.33. The number of halogens is 2. The normalized spacial score (nSPS) is 10.6. The molecule has 0 radical (unpaired) electrons. The van der Waals surface area contributed by atoms with E-state index >= 15 is 0 Å². The third kappa shape index (κ3) is 4.28. The fourth-order valence-corrected chi connectivity index (χ4v) is 2.85. The van der Waals surface area contributed by atoms with E-state index in [1.165, 1.54) is 4.88 Å². The lowest BCUT2D eigenvalue weighted by atomic mass is 10.3. The van der Waals surface area contributed by atoms with Gasteiger partial charge in [0.2, 0.25) is 0 Å². The van der Waals surface area contributed by atoms with Crippen LogP contribution in [-0.4, -0.2) is 13.2 Å². The quantitative estimate of drug-likeness (QED) is 0.786. The maximum atomic E-state index is 6.05. The number of rotatable bonds is 6. The molecule has 5 heteroatoms. The van der Waals surface area contributed by atoms with Crippen LogP contribution in [0, 0.1) is 0 Å². The highest BCUT2D eigenvalue weighted by atomic mass is 79.9. The summed E-state index contributed by atoms with van der Waals surface area (Å²) in [5.74, 6) is 0.720. The Balaban J connectivity index is 1.69. The summed E-state index contributed by atoms with van der Waals surface area (Å²) in [7, 11) is 0. The largest absolute Gasteiger partial charge is 0.491 e. The van der Waals surface area contributed by atoms with Gasteiger partial charge in [0.25, 0.3) is 0 Å². The number of nitrogens with one attached hydrogen (secondary N) is 1. The van der Waals surface area contributed by atoms with Crippen LogP contribution in [0.25, 0.3) is 0 Å². The summed E-state index contributed by atoms with van der Waals surface area (Å²) >= 11 is 11.2. The predicted molar refractivity (Wildman–Crippen MR) is 80.7 cm³/mol. The first kappa shape index (κ1) is 13.9. The Bertz CT molecular complexity index is 490. The maximum absolute atomic E-state index is 6.05. The lowest BCUT2D eigenvalue weighted by Crippen LogP contribution is -2.20. The van der Waals surface area contributed by atoms with Crippen molar-refractivity contribution in [2.24, 2.45) is 0 Å². The Kier molecular flexibility index (Phi) is 5.50. The predicted octanol–water partition coefficient (Wildman–Crippen LogP) is 4.33. The lowest BCUT2D eigenvalue weighted by molar-refractivity contribution is 0.314. The molecule has 2 aromatic rings. The van der Waals surface area contributed by atoms with Crippen molar-refractivity contribution in [2.75, 3.05) is 13.2 Å². The van der Waals surface area contributed by atoms with Crippen LogP contribution in [0.4, 0.5) is 0 Å². The summed E-state index contributed by atoms with van der Waals surface area (Å²) in [6.45, 7) is 2.28. The smallest absolute Gasteiger partial charge is 0.138 e. The zero-order chi connectivity index (χ0) is 12.8. The first-order valence-electron chi connectivity index (χ1n) is 5.56. The molecule has 1 aromatic heterocycles. The highest BCUT2D eigenvalue weighted by Crippen LogP contribution is 2.27. The van der Waals surface area contributed by atoms with E-state index in [1.54, 1.807) is 11.3 Å². The summed E-state index contributed by atoms with van der Waals surface area (Å²) in [6, 6.07) is 9.78. The van der Waals surface area contributed by atoms with Gasteiger partial charge in [0.1, 0.15) is 12.4 Å². The molecule has 0 aliphatic rings. The van der Waals surface area contributed by atoms with Crippen LogP contribution in [-0.2, 0) is 6.54 Å². The Morgan fingerprint density at radius 2 is 2.22 bits per heavy atom. The molecular formula is C13H13BrClNOS. The van der Waals surface area contributed by atoms with Crippen molar-refractivity contribution in [3.05, 3.63) is 50.1 Å². The van der Waals surface area contributed by atoms with Crippen LogP contribution >= 0.6 is 38.9 Å². The van der Waals surface area contributed by atoms with E-state index in [2.05, 4.69) is 38.8 Å². The Morgan fingerprint density at radius 3 is 2.94 bits per heavy atom. The van der Waals surface area contributed by atoms with Crippen molar-refractivity contribution in [3.63, 3.8) is 0 Å². The van der Waals surface area contributed by atoms with E-state index < -0.39 is 0 Å². The van der Waals surface area contributed by atoms with E-state index in [0.29, 0.717) is 11.6 Å². The second kappa shape index (κ2) is 7.14. The van der Waals surface area contributed by atoms with Crippen molar-refractivity contribution in [1.82, 2.24) is 5.32 Å². The SMILES string of the molecule is Clc1cc(Br)ccc1OCCNCc1cccs1. The second-order valence-corrected chi connectivity index (χ2v) is 6.03. The van der Waals surface area contributed by atoms with Crippen LogP contribution in [0.2, 0.25) is 5.02 Å². The first-order chi connectivity index (χ1) is 8.75. The summed E-state index contributed by atoms with van der Waals surface area (Å²) < 4.78 is 6.55. The Hall–Kier alpha value is -0.550. The van der Waals surface area contributed by atoms with Gasteiger partial charge < -0.3 is 10.1 Å². The summed E-state index contributed by atoms with van der Waals surface area (Å²) in [6.07, 6.45) is 0. The van der Waals surface area contributed by atoms with Gasteiger partial charge in [-0.25, -0.2) is 0 Å². The van der Waals surface area contributed by atoms with Crippen molar-refractivity contribution >= 4 is 38.9 Å². The van der Waals surface area contributed by atoms with E-state index in [9.17, 15) is 0 Å². The number of hydrogen-bond donors (Lipinski definition) is 1. The van der Waals surface area contributed by atoms with Gasteiger partial charge in [0.15, 0.2) is 0 Å². The molecule has 0 atom stereocenters. The van der Waals surface area contributed by atoms with Gasteiger partial charge in [-0.2, -0.15) is 0 Å². The molecule has 0 unspecified atom stereocenters. The third-order valence-corrected chi connectivity index (χ3v) is 3.97. The minimum absolute atomic E-state index is 0.604. The number of ether oxygens (including phenoxy) is 1. The summed E-state index contributed by atoms with van der Waals surface area (Å²) in [5, 5.41) is 6.03. The third-order valence-electron chi connectivity index (χ3n) is 2.31. The molecule has 0 fully saturated rings. The molecule has 0 aliphatic carbocycles. The fraction of sp³-hybridized carbons (Fsp3) is 0.231.